The molecular formula is C8H7NaO5S. The minimum Gasteiger partial charge on any atom is -0.475 e. The smallest absolute Gasteiger partial charge is 0.475 e. The Balaban J connectivity index is 0.00000196. The monoisotopic (exact) mass is 238 g/mol. The molecule has 0 unspecified atom stereocenters. The summed E-state index contributed by atoms with van der Waals surface area (Å²) in [4.78, 5) is 10.5. The van der Waals surface area contributed by atoms with Gasteiger partial charge in [-0.15, -0.1) is 0 Å². The summed E-state index contributed by atoms with van der Waals surface area (Å²) < 4.78 is 34.7. The summed E-state index contributed by atoms with van der Waals surface area (Å²) in [6, 6.07) is 6.17. The Hall–Kier alpha value is -0.400. The van der Waals surface area contributed by atoms with Gasteiger partial charge in [-0.05, 0) is 10.5 Å². The SMILES string of the molecule is COC(=O)c1ccc[c-]c1S(=O)(=O)O.[Na+]. The molecule has 0 aliphatic rings. The van der Waals surface area contributed by atoms with E-state index in [-0.39, 0.29) is 35.1 Å². The van der Waals surface area contributed by atoms with Gasteiger partial charge in [0, 0.05) is 0 Å². The summed E-state index contributed by atoms with van der Waals surface area (Å²) in [6.07, 6.45) is 0. The average Bonchev–Trinajstić information content (AvgIpc) is 2.15. The van der Waals surface area contributed by atoms with Crippen LogP contribution in [-0.2, 0) is 14.9 Å². The van der Waals surface area contributed by atoms with Gasteiger partial charge in [0.05, 0.1) is 7.11 Å². The molecule has 1 aromatic carbocycles. The molecule has 0 saturated heterocycles. The minimum atomic E-state index is -4.44. The summed E-state index contributed by atoms with van der Waals surface area (Å²) in [5.74, 6) is -0.838. The Labute approximate surface area is 109 Å². The van der Waals surface area contributed by atoms with E-state index in [0.717, 1.165) is 7.11 Å². The van der Waals surface area contributed by atoms with Crippen LogP contribution in [0.1, 0.15) is 10.4 Å². The number of methoxy groups -OCH3 is 1. The van der Waals surface area contributed by atoms with E-state index in [9.17, 15) is 13.2 Å². The van der Waals surface area contributed by atoms with Gasteiger partial charge in [0.15, 0.2) is 0 Å². The third-order valence-corrected chi connectivity index (χ3v) is 2.34. The van der Waals surface area contributed by atoms with Gasteiger partial charge in [-0.25, -0.2) is 0 Å². The minimum absolute atomic E-state index is 0. The maximum absolute atomic E-state index is 11.1. The molecule has 5 nitrogen and oxygen atoms in total. The molecule has 0 bridgehead atoms. The average molecular weight is 238 g/mol. The molecule has 0 aliphatic carbocycles. The van der Waals surface area contributed by atoms with Crippen molar-refractivity contribution in [2.75, 3.05) is 7.11 Å². The molecule has 1 aromatic rings. The zero-order chi connectivity index (χ0) is 10.8. The molecule has 0 heterocycles. The number of ether oxygens (including phenoxy) is 1. The van der Waals surface area contributed by atoms with Gasteiger partial charge in [0.25, 0.3) is 16.1 Å². The first kappa shape index (κ1) is 14.6. The van der Waals surface area contributed by atoms with E-state index in [4.69, 9.17) is 4.55 Å². The Morgan fingerprint density at radius 2 is 2.13 bits per heavy atom. The summed E-state index contributed by atoms with van der Waals surface area (Å²) in [6.45, 7) is 0. The quantitative estimate of drug-likeness (QED) is 0.267. The fourth-order valence-corrected chi connectivity index (χ4v) is 1.55. The summed E-state index contributed by atoms with van der Waals surface area (Å²) in [5.41, 5.74) is -0.238. The van der Waals surface area contributed by atoms with E-state index in [2.05, 4.69) is 10.8 Å². The van der Waals surface area contributed by atoms with E-state index in [1.54, 1.807) is 0 Å². The molecule has 0 atom stereocenters. The summed E-state index contributed by atoms with van der Waals surface area (Å²) in [5, 5.41) is 0. The number of carbonyl (C=O) groups excluding carboxylic acids is 1. The summed E-state index contributed by atoms with van der Waals surface area (Å²) in [7, 11) is -3.33. The van der Waals surface area contributed by atoms with Crippen LogP contribution in [0.25, 0.3) is 0 Å². The summed E-state index contributed by atoms with van der Waals surface area (Å²) >= 11 is 0. The second-order valence-corrected chi connectivity index (χ2v) is 3.74. The predicted molar refractivity (Wildman–Crippen MR) is 46.4 cm³/mol. The van der Waals surface area contributed by atoms with Crippen molar-refractivity contribution in [2.45, 2.75) is 4.90 Å². The van der Waals surface area contributed by atoms with Crippen LogP contribution < -0.4 is 29.6 Å². The van der Waals surface area contributed by atoms with Crippen molar-refractivity contribution in [3.63, 3.8) is 0 Å². The van der Waals surface area contributed by atoms with Gasteiger partial charge in [-0.1, -0.05) is 0 Å². The van der Waals surface area contributed by atoms with Gasteiger partial charge >= 0.3 is 29.6 Å². The first-order chi connectivity index (χ1) is 6.46. The molecule has 0 radical (unpaired) electrons. The maximum atomic E-state index is 11.1. The fraction of sp³-hybridized carbons (Fsp3) is 0.125. The van der Waals surface area contributed by atoms with Crippen molar-refractivity contribution in [1.29, 1.82) is 0 Å². The normalized spacial score (nSPS) is 10.3. The van der Waals surface area contributed by atoms with E-state index in [1.807, 2.05) is 0 Å². The van der Waals surface area contributed by atoms with E-state index < -0.39 is 21.0 Å². The molecule has 0 spiro atoms. The molecule has 15 heavy (non-hydrogen) atoms. The number of carbonyl (C=O) groups is 1. The predicted octanol–water partition coefficient (Wildman–Crippen LogP) is -2.48. The molecule has 0 aromatic heterocycles. The number of rotatable bonds is 2. The zero-order valence-corrected chi connectivity index (χ0v) is 11.0. The van der Waals surface area contributed by atoms with Crippen LogP contribution in [0.2, 0.25) is 0 Å². The molecule has 7 heteroatoms. The van der Waals surface area contributed by atoms with E-state index in [1.165, 1.54) is 18.2 Å². The molecule has 1 N–H and O–H groups in total. The number of hydrogen-bond donors (Lipinski definition) is 1. The van der Waals surface area contributed by atoms with E-state index in [0.29, 0.717) is 0 Å². The zero-order valence-electron chi connectivity index (χ0n) is 8.22. The Kier molecular flexibility index (Phi) is 5.47. The van der Waals surface area contributed by atoms with Crippen LogP contribution in [0.3, 0.4) is 0 Å². The number of hydrogen-bond acceptors (Lipinski definition) is 4. The van der Waals surface area contributed by atoms with Crippen molar-refractivity contribution in [1.82, 2.24) is 0 Å². The fourth-order valence-electron chi connectivity index (χ4n) is 0.906. The van der Waals surface area contributed by atoms with Crippen LogP contribution in [0.15, 0.2) is 23.1 Å². The van der Waals surface area contributed by atoms with Crippen LogP contribution in [-0.4, -0.2) is 26.0 Å². The van der Waals surface area contributed by atoms with Gasteiger partial charge < -0.3 is 4.74 Å². The molecule has 0 amide bonds. The van der Waals surface area contributed by atoms with Crippen molar-refractivity contribution < 1.29 is 52.1 Å². The van der Waals surface area contributed by atoms with Crippen LogP contribution >= 0.6 is 0 Å². The molecule has 0 aliphatic heterocycles. The molecule has 1 rings (SSSR count). The van der Waals surface area contributed by atoms with Crippen molar-refractivity contribution >= 4 is 16.1 Å². The topological polar surface area (TPSA) is 80.7 Å². The molecule has 76 valence electrons. The van der Waals surface area contributed by atoms with Crippen LogP contribution in [0.4, 0.5) is 0 Å². The van der Waals surface area contributed by atoms with E-state index >= 15 is 0 Å². The molecule has 0 saturated carbocycles. The standard InChI is InChI=1S/C8H7O5S.Na/c1-13-8(9)6-4-2-3-5-7(6)14(10,11)12;/h2-4H,1H3,(H,10,11,12);/q-1;+1. The van der Waals surface area contributed by atoms with Gasteiger partial charge in [-0.2, -0.15) is 32.7 Å². The molecular weight excluding hydrogens is 231 g/mol. The number of benzene rings is 1. The first-order valence-corrected chi connectivity index (χ1v) is 4.97. The Bertz CT molecular complexity index is 454. The van der Waals surface area contributed by atoms with Crippen LogP contribution in [0, 0.1) is 6.07 Å². The van der Waals surface area contributed by atoms with Crippen LogP contribution in [0.5, 0.6) is 0 Å². The van der Waals surface area contributed by atoms with Crippen molar-refractivity contribution in [2.24, 2.45) is 0 Å². The van der Waals surface area contributed by atoms with Gasteiger partial charge in [0.2, 0.25) is 0 Å². The third kappa shape index (κ3) is 3.58. The second kappa shape index (κ2) is 5.62. The Morgan fingerprint density at radius 1 is 1.53 bits per heavy atom. The largest absolute Gasteiger partial charge is 1.00 e. The maximum Gasteiger partial charge on any atom is 1.00 e. The number of esters is 1. The van der Waals surface area contributed by atoms with Crippen molar-refractivity contribution in [3.8, 4) is 0 Å². The molecule has 0 fully saturated rings. The second-order valence-electron chi connectivity index (χ2n) is 2.38. The van der Waals surface area contributed by atoms with Gasteiger partial charge in [0.1, 0.15) is 0 Å². The van der Waals surface area contributed by atoms with Crippen molar-refractivity contribution in [3.05, 3.63) is 29.8 Å². The Morgan fingerprint density at radius 3 is 2.60 bits per heavy atom. The first-order valence-electron chi connectivity index (χ1n) is 3.53. The van der Waals surface area contributed by atoms with Gasteiger partial charge in [-0.3, -0.25) is 9.35 Å². The third-order valence-electron chi connectivity index (χ3n) is 1.48.